The van der Waals surface area contributed by atoms with Gasteiger partial charge in [-0.15, -0.1) is 0 Å². The molecule has 0 bridgehead atoms. The number of methoxy groups -OCH3 is 1. The second kappa shape index (κ2) is 8.62. The number of aliphatic imine (C=N–C) groups is 1. The van der Waals surface area contributed by atoms with Crippen LogP contribution in [0.25, 0.3) is 0 Å². The second-order valence-electron chi connectivity index (χ2n) is 7.16. The summed E-state index contributed by atoms with van der Waals surface area (Å²) < 4.78 is 18.6. The molecule has 1 aromatic heterocycles. The Labute approximate surface area is 158 Å². The van der Waals surface area contributed by atoms with E-state index in [4.69, 9.17) is 21.2 Å². The van der Waals surface area contributed by atoms with Crippen LogP contribution in [0, 0.1) is 23.6 Å². The number of pyridine rings is 1. The second-order valence-corrected chi connectivity index (χ2v) is 7.16. The van der Waals surface area contributed by atoms with Gasteiger partial charge in [-0.1, -0.05) is 0 Å². The van der Waals surface area contributed by atoms with Crippen molar-refractivity contribution >= 4 is 12.1 Å². The summed E-state index contributed by atoms with van der Waals surface area (Å²) in [6.07, 6.45) is 6.98. The van der Waals surface area contributed by atoms with Crippen LogP contribution in [0.1, 0.15) is 44.2 Å². The molecule has 5 N–H and O–H groups in total. The topological polar surface area (TPSA) is 120 Å². The van der Waals surface area contributed by atoms with Gasteiger partial charge in [-0.3, -0.25) is 9.83 Å². The zero-order chi connectivity index (χ0) is 19.4. The molecular weight excluding hydrogens is 351 g/mol. The highest BCUT2D eigenvalue weighted by molar-refractivity contribution is 6.28. The van der Waals surface area contributed by atoms with Gasteiger partial charge in [-0.2, -0.15) is 5.10 Å². The molecule has 0 amide bonds. The third kappa shape index (κ3) is 5.14. The number of ether oxygens (including phenoxy) is 1. The predicted molar refractivity (Wildman–Crippen MR) is 100 cm³/mol. The molecule has 0 saturated heterocycles. The van der Waals surface area contributed by atoms with Crippen molar-refractivity contribution in [2.24, 2.45) is 39.4 Å². The summed E-state index contributed by atoms with van der Waals surface area (Å²) in [5, 5.41) is 3.62. The fourth-order valence-electron chi connectivity index (χ4n) is 3.35. The lowest BCUT2D eigenvalue weighted by Gasteiger charge is -2.23. The number of hydrazone groups is 1. The molecule has 0 radical (unpaired) electrons. The minimum absolute atomic E-state index is 0.228. The summed E-state index contributed by atoms with van der Waals surface area (Å²) in [5.74, 6) is 7.18. The van der Waals surface area contributed by atoms with Crippen molar-refractivity contribution in [2.75, 3.05) is 7.11 Å². The Bertz CT molecular complexity index is 693. The van der Waals surface area contributed by atoms with E-state index >= 15 is 0 Å². The fraction of sp³-hybridized carbons (Fsp3) is 0.611. The smallest absolute Gasteiger partial charge is 0.218 e. The Hall–Kier alpha value is -2.26. The van der Waals surface area contributed by atoms with Crippen molar-refractivity contribution in [3.8, 4) is 5.88 Å². The number of hydrogen-bond acceptors (Lipinski definition) is 7. The molecule has 27 heavy (non-hydrogen) atoms. The number of hydrogen-bond donors (Lipinski definition) is 3. The van der Waals surface area contributed by atoms with Crippen molar-refractivity contribution in [1.29, 1.82) is 0 Å². The molecule has 1 heterocycles. The van der Waals surface area contributed by atoms with Gasteiger partial charge in [0.15, 0.2) is 5.84 Å². The van der Waals surface area contributed by atoms with Crippen molar-refractivity contribution < 1.29 is 14.0 Å². The van der Waals surface area contributed by atoms with E-state index in [1.807, 2.05) is 0 Å². The van der Waals surface area contributed by atoms with E-state index in [9.17, 15) is 4.39 Å². The van der Waals surface area contributed by atoms with Crippen LogP contribution in [0.5, 0.6) is 5.88 Å². The lowest BCUT2D eigenvalue weighted by molar-refractivity contribution is -0.0331. The summed E-state index contributed by atoms with van der Waals surface area (Å²) in [7, 11) is 1.47. The molecule has 2 saturated carbocycles. The minimum Gasteiger partial charge on any atom is -0.481 e. The van der Waals surface area contributed by atoms with Crippen LogP contribution in [0.4, 0.5) is 4.39 Å². The van der Waals surface area contributed by atoms with Crippen molar-refractivity contribution in [3.05, 3.63) is 23.6 Å². The first kappa shape index (κ1) is 19.5. The number of hydroxylamine groups is 1. The highest BCUT2D eigenvalue weighted by Crippen LogP contribution is 2.50. The Balaban J connectivity index is 1.57. The van der Waals surface area contributed by atoms with Gasteiger partial charge >= 0.3 is 0 Å². The zero-order valence-corrected chi connectivity index (χ0v) is 15.6. The monoisotopic (exact) mass is 378 g/mol. The molecule has 2 atom stereocenters. The quantitative estimate of drug-likeness (QED) is 0.198. The van der Waals surface area contributed by atoms with Gasteiger partial charge in [0.25, 0.3) is 0 Å². The molecule has 0 aromatic carbocycles. The van der Waals surface area contributed by atoms with Gasteiger partial charge in [0.1, 0.15) is 12.0 Å². The van der Waals surface area contributed by atoms with Crippen LogP contribution in [-0.4, -0.2) is 30.4 Å². The Kier molecular flexibility index (Phi) is 6.22. The maximum absolute atomic E-state index is 13.5. The van der Waals surface area contributed by atoms with Crippen LogP contribution in [0.3, 0.4) is 0 Å². The lowest BCUT2D eigenvalue weighted by Crippen LogP contribution is -2.42. The lowest BCUT2D eigenvalue weighted by atomic mass is 9.96. The van der Waals surface area contributed by atoms with E-state index in [1.165, 1.54) is 45.1 Å². The van der Waals surface area contributed by atoms with E-state index in [0.717, 1.165) is 6.20 Å². The van der Waals surface area contributed by atoms with Gasteiger partial charge in [-0.05, 0) is 50.5 Å². The molecule has 8 nitrogen and oxygen atoms in total. The largest absolute Gasteiger partial charge is 0.481 e. The Morgan fingerprint density at radius 2 is 2.04 bits per heavy atom. The highest BCUT2D eigenvalue weighted by atomic mass is 19.1. The fourth-order valence-corrected chi connectivity index (χ4v) is 3.35. The van der Waals surface area contributed by atoms with Crippen LogP contribution in [0.2, 0.25) is 0 Å². The molecule has 148 valence electrons. The summed E-state index contributed by atoms with van der Waals surface area (Å²) in [6.45, 7) is 1.78. The third-order valence-electron chi connectivity index (χ3n) is 5.06. The number of amidine groups is 1. The standard InChI is InChI=1S/C18H27FN6O2/c1-10(14-7-13(19)8-23-18(14)26-2)22-9-15(24-21)25-27-17(20)16(11-3-4-11)12-5-6-12/h7-12,16-17H,3-6,20-21H2,1-2H3,(H,24,25). The third-order valence-corrected chi connectivity index (χ3v) is 5.06. The molecular formula is C18H27FN6O2. The molecule has 2 aliphatic rings. The zero-order valence-electron chi connectivity index (χ0n) is 15.6. The summed E-state index contributed by atoms with van der Waals surface area (Å²) >= 11 is 0. The maximum atomic E-state index is 13.5. The first-order valence-electron chi connectivity index (χ1n) is 9.21. The normalized spacial score (nSPS) is 20.1. The van der Waals surface area contributed by atoms with Crippen LogP contribution in [-0.2, 0) is 4.84 Å². The molecule has 1 aromatic rings. The molecule has 0 spiro atoms. The van der Waals surface area contributed by atoms with Gasteiger partial charge in [0, 0.05) is 11.5 Å². The van der Waals surface area contributed by atoms with Crippen molar-refractivity contribution in [1.82, 2.24) is 10.5 Å². The number of halogens is 1. The summed E-state index contributed by atoms with van der Waals surface area (Å²) in [4.78, 5) is 13.8. The summed E-state index contributed by atoms with van der Waals surface area (Å²) in [5.41, 5.74) is 9.42. The van der Waals surface area contributed by atoms with E-state index in [0.29, 0.717) is 29.2 Å². The number of rotatable bonds is 9. The molecule has 2 unspecified atom stereocenters. The summed E-state index contributed by atoms with van der Waals surface area (Å²) in [6, 6.07) is 0.920. The number of nitrogens with two attached hydrogens (primary N) is 2. The van der Waals surface area contributed by atoms with E-state index in [1.54, 1.807) is 6.92 Å². The molecule has 0 aliphatic heterocycles. The van der Waals surface area contributed by atoms with Crippen LogP contribution in [0.15, 0.2) is 22.4 Å². The molecule has 9 heteroatoms. The Morgan fingerprint density at radius 1 is 1.37 bits per heavy atom. The average molecular weight is 378 g/mol. The first-order valence-corrected chi connectivity index (χ1v) is 9.21. The van der Waals surface area contributed by atoms with E-state index in [2.05, 4.69) is 20.6 Å². The maximum Gasteiger partial charge on any atom is 0.218 e. The molecule has 3 rings (SSSR count). The number of nitrogens with one attached hydrogen (secondary N) is 1. The van der Waals surface area contributed by atoms with Gasteiger partial charge < -0.3 is 16.3 Å². The minimum atomic E-state index is -0.459. The van der Waals surface area contributed by atoms with Gasteiger partial charge in [0.2, 0.25) is 5.88 Å². The molecule has 2 fully saturated rings. The van der Waals surface area contributed by atoms with Crippen LogP contribution < -0.4 is 21.8 Å². The van der Waals surface area contributed by atoms with Crippen LogP contribution >= 0.6 is 0 Å². The molecule has 2 aliphatic carbocycles. The predicted octanol–water partition coefficient (Wildman–Crippen LogP) is 1.88. The number of nitrogens with zero attached hydrogens (tertiary/aromatic N) is 3. The van der Waals surface area contributed by atoms with E-state index in [-0.39, 0.29) is 5.84 Å². The highest BCUT2D eigenvalue weighted by Gasteiger charge is 2.45. The van der Waals surface area contributed by atoms with Gasteiger partial charge in [0.05, 0.1) is 25.6 Å². The average Bonchev–Trinajstić information content (AvgIpc) is 3.57. The number of aromatic nitrogens is 1. The van der Waals surface area contributed by atoms with Gasteiger partial charge in [-0.25, -0.2) is 14.9 Å². The van der Waals surface area contributed by atoms with E-state index < -0.39 is 18.1 Å². The SMILES string of the molecule is COc1ncc(F)cc1C(C)N=C/C(=N\N)NOC(N)C(C1CC1)C1CC1. The first-order chi connectivity index (χ1) is 13.0. The van der Waals surface area contributed by atoms with Crippen molar-refractivity contribution in [3.63, 3.8) is 0 Å². The Morgan fingerprint density at radius 3 is 2.59 bits per heavy atom. The van der Waals surface area contributed by atoms with Crippen molar-refractivity contribution in [2.45, 2.75) is 44.9 Å².